The molecule has 5 heteroatoms. The zero-order chi connectivity index (χ0) is 12.3. The van der Waals surface area contributed by atoms with Gasteiger partial charge in [-0.1, -0.05) is 0 Å². The summed E-state index contributed by atoms with van der Waals surface area (Å²) in [4.78, 5) is 14.0. The van der Waals surface area contributed by atoms with E-state index in [0.717, 1.165) is 19.3 Å². The molecule has 5 nitrogen and oxygen atoms in total. The van der Waals surface area contributed by atoms with Crippen LogP contribution in [0.5, 0.6) is 0 Å². The molecule has 1 aliphatic carbocycles. The number of ether oxygens (including phenoxy) is 1. The minimum absolute atomic E-state index is 0.0787. The van der Waals surface area contributed by atoms with E-state index >= 15 is 0 Å². The van der Waals surface area contributed by atoms with Crippen LogP contribution in [0.1, 0.15) is 26.2 Å². The summed E-state index contributed by atoms with van der Waals surface area (Å²) in [5.74, 6) is 0.118. The molecule has 1 amide bonds. The number of hydrogen-bond acceptors (Lipinski definition) is 4. The number of carbonyl (C=O) groups is 1. The van der Waals surface area contributed by atoms with E-state index < -0.39 is 0 Å². The quantitative estimate of drug-likeness (QED) is 0.715. The largest absolute Gasteiger partial charge is 0.392 e. The predicted octanol–water partition coefficient (Wildman–Crippen LogP) is -0.263. The third-order valence-corrected chi connectivity index (χ3v) is 3.64. The maximum Gasteiger partial charge on any atom is 0.239 e. The minimum atomic E-state index is -0.296. The molecule has 0 radical (unpaired) electrons. The van der Waals surface area contributed by atoms with Gasteiger partial charge in [-0.2, -0.15) is 0 Å². The fraction of sp³-hybridized carbons (Fsp3) is 0.917. The van der Waals surface area contributed by atoms with Gasteiger partial charge < -0.3 is 20.1 Å². The van der Waals surface area contributed by atoms with Crippen LogP contribution in [0.2, 0.25) is 0 Å². The second-order valence-electron chi connectivity index (χ2n) is 4.93. The molecule has 1 aliphatic heterocycles. The van der Waals surface area contributed by atoms with Crippen LogP contribution >= 0.6 is 0 Å². The molecule has 0 aromatic carbocycles. The summed E-state index contributed by atoms with van der Waals surface area (Å²) in [6.45, 7) is 4.49. The van der Waals surface area contributed by atoms with Crippen LogP contribution in [-0.2, 0) is 9.53 Å². The average Bonchev–Trinajstić information content (AvgIpc) is 2.75. The Hall–Kier alpha value is -0.650. The van der Waals surface area contributed by atoms with Crippen molar-refractivity contribution in [3.05, 3.63) is 0 Å². The van der Waals surface area contributed by atoms with E-state index in [1.807, 2.05) is 11.8 Å². The van der Waals surface area contributed by atoms with E-state index in [1.54, 1.807) is 0 Å². The van der Waals surface area contributed by atoms with Crippen molar-refractivity contribution in [2.75, 3.05) is 26.3 Å². The van der Waals surface area contributed by atoms with E-state index in [2.05, 4.69) is 5.32 Å². The fourth-order valence-electron chi connectivity index (χ4n) is 2.58. The number of morpholine rings is 1. The van der Waals surface area contributed by atoms with E-state index in [1.165, 1.54) is 0 Å². The van der Waals surface area contributed by atoms with Gasteiger partial charge in [0.05, 0.1) is 25.4 Å². The standard InChI is InChI=1S/C12H22N2O3/c1-9(13-10-3-2-4-11(10)15)12(16)14-5-7-17-8-6-14/h9-11,13,15H,2-8H2,1H3. The van der Waals surface area contributed by atoms with Gasteiger partial charge in [0.2, 0.25) is 5.91 Å². The molecule has 2 rings (SSSR count). The number of hydrogen-bond donors (Lipinski definition) is 2. The Kier molecular flexibility index (Phi) is 4.36. The molecule has 0 spiro atoms. The van der Waals surface area contributed by atoms with Crippen LogP contribution in [0.15, 0.2) is 0 Å². The molecule has 0 bridgehead atoms. The molecule has 2 fully saturated rings. The lowest BCUT2D eigenvalue weighted by molar-refractivity contribution is -0.137. The molecule has 1 saturated heterocycles. The highest BCUT2D eigenvalue weighted by molar-refractivity contribution is 5.81. The monoisotopic (exact) mass is 242 g/mol. The first-order valence-corrected chi connectivity index (χ1v) is 6.49. The van der Waals surface area contributed by atoms with Gasteiger partial charge in [-0.15, -0.1) is 0 Å². The third kappa shape index (κ3) is 3.18. The second kappa shape index (κ2) is 5.80. The van der Waals surface area contributed by atoms with E-state index in [4.69, 9.17) is 4.74 Å². The van der Waals surface area contributed by atoms with Gasteiger partial charge in [-0.25, -0.2) is 0 Å². The van der Waals surface area contributed by atoms with Crippen LogP contribution in [0.4, 0.5) is 0 Å². The zero-order valence-electron chi connectivity index (χ0n) is 10.4. The molecule has 17 heavy (non-hydrogen) atoms. The Morgan fingerprint density at radius 1 is 1.41 bits per heavy atom. The average molecular weight is 242 g/mol. The minimum Gasteiger partial charge on any atom is -0.392 e. The number of aliphatic hydroxyl groups is 1. The van der Waals surface area contributed by atoms with E-state index in [9.17, 15) is 9.90 Å². The summed E-state index contributed by atoms with van der Waals surface area (Å²) in [5, 5.41) is 13.0. The van der Waals surface area contributed by atoms with E-state index in [-0.39, 0.29) is 24.1 Å². The Morgan fingerprint density at radius 2 is 2.12 bits per heavy atom. The molecule has 3 unspecified atom stereocenters. The summed E-state index contributed by atoms with van der Waals surface area (Å²) in [7, 11) is 0. The maximum absolute atomic E-state index is 12.1. The first-order chi connectivity index (χ1) is 8.18. The molecule has 0 aromatic rings. The number of carbonyl (C=O) groups excluding carboxylic acids is 1. The summed E-state index contributed by atoms with van der Waals surface area (Å²) in [6, 6.07) is -0.138. The second-order valence-corrected chi connectivity index (χ2v) is 4.93. The Balaban J connectivity index is 1.81. The van der Waals surface area contributed by atoms with Gasteiger partial charge in [-0.3, -0.25) is 4.79 Å². The number of nitrogens with zero attached hydrogens (tertiary/aromatic N) is 1. The number of nitrogens with one attached hydrogen (secondary N) is 1. The predicted molar refractivity (Wildman–Crippen MR) is 63.6 cm³/mol. The van der Waals surface area contributed by atoms with Crippen LogP contribution in [-0.4, -0.2) is 60.4 Å². The van der Waals surface area contributed by atoms with Crippen molar-refractivity contribution in [1.29, 1.82) is 0 Å². The highest BCUT2D eigenvalue weighted by Gasteiger charge is 2.29. The molecule has 2 aliphatic rings. The van der Waals surface area contributed by atoms with Crippen molar-refractivity contribution in [2.45, 2.75) is 44.4 Å². The normalized spacial score (nSPS) is 31.5. The molecular weight excluding hydrogens is 220 g/mol. The lowest BCUT2D eigenvalue weighted by atomic mass is 10.1. The Morgan fingerprint density at radius 3 is 2.71 bits per heavy atom. The highest BCUT2D eigenvalue weighted by Crippen LogP contribution is 2.19. The van der Waals surface area contributed by atoms with Crippen LogP contribution in [0.25, 0.3) is 0 Å². The SMILES string of the molecule is CC(NC1CCCC1O)C(=O)N1CCOCC1. The first-order valence-electron chi connectivity index (χ1n) is 6.49. The van der Waals surface area contributed by atoms with Crippen molar-refractivity contribution in [2.24, 2.45) is 0 Å². The highest BCUT2D eigenvalue weighted by atomic mass is 16.5. The molecule has 98 valence electrons. The maximum atomic E-state index is 12.1. The topological polar surface area (TPSA) is 61.8 Å². The van der Waals surface area contributed by atoms with Crippen molar-refractivity contribution in [3.8, 4) is 0 Å². The van der Waals surface area contributed by atoms with E-state index in [0.29, 0.717) is 26.3 Å². The van der Waals surface area contributed by atoms with Gasteiger partial charge in [0.1, 0.15) is 0 Å². The summed E-state index contributed by atoms with van der Waals surface area (Å²) in [6.07, 6.45) is 2.55. The van der Waals surface area contributed by atoms with Gasteiger partial charge in [-0.05, 0) is 26.2 Å². The van der Waals surface area contributed by atoms with Crippen molar-refractivity contribution in [1.82, 2.24) is 10.2 Å². The van der Waals surface area contributed by atoms with Crippen molar-refractivity contribution >= 4 is 5.91 Å². The summed E-state index contributed by atoms with van der Waals surface area (Å²) < 4.78 is 5.23. The molecular formula is C12H22N2O3. The molecule has 1 heterocycles. The Bertz CT molecular complexity index is 266. The zero-order valence-corrected chi connectivity index (χ0v) is 10.4. The van der Waals surface area contributed by atoms with Gasteiger partial charge in [0.15, 0.2) is 0 Å². The number of amides is 1. The molecule has 3 atom stereocenters. The Labute approximate surface area is 102 Å². The smallest absolute Gasteiger partial charge is 0.239 e. The number of rotatable bonds is 3. The lowest BCUT2D eigenvalue weighted by Gasteiger charge is -2.31. The van der Waals surface area contributed by atoms with Gasteiger partial charge in [0.25, 0.3) is 0 Å². The number of aliphatic hydroxyl groups excluding tert-OH is 1. The van der Waals surface area contributed by atoms with Crippen molar-refractivity contribution < 1.29 is 14.6 Å². The lowest BCUT2D eigenvalue weighted by Crippen LogP contribution is -2.52. The van der Waals surface area contributed by atoms with Crippen molar-refractivity contribution in [3.63, 3.8) is 0 Å². The van der Waals surface area contributed by atoms with Crippen LogP contribution in [0.3, 0.4) is 0 Å². The molecule has 0 aromatic heterocycles. The molecule has 1 saturated carbocycles. The summed E-state index contributed by atoms with van der Waals surface area (Å²) >= 11 is 0. The van der Waals surface area contributed by atoms with Crippen LogP contribution < -0.4 is 5.32 Å². The fourth-order valence-corrected chi connectivity index (χ4v) is 2.58. The molecule has 2 N–H and O–H groups in total. The third-order valence-electron chi connectivity index (χ3n) is 3.64. The van der Waals surface area contributed by atoms with Gasteiger partial charge in [0, 0.05) is 19.1 Å². The first kappa shape index (κ1) is 12.8. The van der Waals surface area contributed by atoms with Gasteiger partial charge >= 0.3 is 0 Å². The van der Waals surface area contributed by atoms with Crippen LogP contribution in [0, 0.1) is 0 Å². The summed E-state index contributed by atoms with van der Waals surface area (Å²) in [5.41, 5.74) is 0.